The Hall–Kier alpha value is 0.735. The van der Waals surface area contributed by atoms with Gasteiger partial charge in [-0.05, 0) is 12.3 Å². The molecule has 1 radical (unpaired) electrons. The first-order chi connectivity index (χ1) is 3.48. The Morgan fingerprint density at radius 2 is 1.60 bits per heavy atom. The second kappa shape index (κ2) is 6.45. The van der Waals surface area contributed by atoms with Crippen LogP contribution in [0.25, 0.3) is 0 Å². The van der Waals surface area contributed by atoms with E-state index in [1.807, 2.05) is 20.8 Å². The van der Waals surface area contributed by atoms with Gasteiger partial charge in [0.05, 0.1) is 0 Å². The molecule has 0 aliphatic rings. The van der Waals surface area contributed by atoms with Crippen LogP contribution in [0.4, 0.5) is 0 Å². The van der Waals surface area contributed by atoms with Crippen molar-refractivity contribution < 1.29 is 24.0 Å². The summed E-state index contributed by atoms with van der Waals surface area (Å²) in [6.45, 7) is 7.51. The minimum Gasteiger partial charge on any atom is -0.875 e. The van der Waals surface area contributed by atoms with Gasteiger partial charge in [0.1, 0.15) is 0 Å². The van der Waals surface area contributed by atoms with Crippen molar-refractivity contribution in [3.8, 4) is 0 Å². The number of hydrogen-bond acceptors (Lipinski definition) is 1. The van der Waals surface area contributed by atoms with Crippen molar-refractivity contribution in [2.24, 2.45) is 5.41 Å². The molecule has 0 aliphatic carbocycles. The zero-order valence-electron chi connectivity index (χ0n) is 7.99. The number of allylic oxidation sites excluding steroid dienone is 2. The van der Waals surface area contributed by atoms with Crippen molar-refractivity contribution in [3.63, 3.8) is 0 Å². The summed E-state index contributed by atoms with van der Waals surface area (Å²) >= 11 is 0. The molecule has 49 valence electrons. The van der Waals surface area contributed by atoms with Gasteiger partial charge in [-0.25, -0.2) is 0 Å². The van der Waals surface area contributed by atoms with Gasteiger partial charge in [0.25, 0.3) is 0 Å². The van der Waals surface area contributed by atoms with E-state index in [1.54, 1.807) is 13.0 Å². The number of hydrogen-bond donors (Lipinski definition) is 0. The molecule has 0 spiro atoms. The summed E-state index contributed by atoms with van der Waals surface area (Å²) in [4.78, 5) is 0. The summed E-state index contributed by atoms with van der Waals surface area (Å²) < 4.78 is 0. The van der Waals surface area contributed by atoms with Gasteiger partial charge < -0.3 is 5.11 Å². The molecule has 0 fully saturated rings. The van der Waals surface area contributed by atoms with Gasteiger partial charge in [-0.15, -0.1) is 5.76 Å². The third-order valence-corrected chi connectivity index (χ3v) is 1.00. The van der Waals surface area contributed by atoms with Crippen LogP contribution in [0.15, 0.2) is 11.8 Å². The van der Waals surface area contributed by atoms with E-state index in [-0.39, 0.29) is 48.9 Å². The average molecular weight is 127 g/mol. The predicted molar refractivity (Wildman–Crippen MR) is 39.0 cm³/mol. The maximum atomic E-state index is 10.8. The summed E-state index contributed by atoms with van der Waals surface area (Å²) in [5.74, 6) is 0.206. The molecule has 0 bridgehead atoms. The Morgan fingerprint density at radius 1 is 1.30 bits per heavy atom. The fourth-order valence-electron chi connectivity index (χ4n) is 0.433. The molecule has 0 atom stereocenters. The van der Waals surface area contributed by atoms with Crippen molar-refractivity contribution >= 4 is 18.9 Å². The van der Waals surface area contributed by atoms with Gasteiger partial charge in [0.2, 0.25) is 0 Å². The third-order valence-electron chi connectivity index (χ3n) is 1.00. The van der Waals surface area contributed by atoms with Gasteiger partial charge in [-0.3, -0.25) is 0 Å². The smallest absolute Gasteiger partial charge is 0.875 e. The predicted octanol–water partition coefficient (Wildman–Crippen LogP) is -2.08. The Bertz CT molecular complexity index is 103. The molecule has 0 amide bonds. The molecule has 1 nitrogen and oxygen atoms in total. The van der Waals surface area contributed by atoms with Gasteiger partial charge in [-0.1, -0.05) is 26.8 Å². The van der Waals surface area contributed by atoms with Crippen molar-refractivity contribution in [1.29, 1.82) is 0 Å². The normalized spacial score (nSPS) is 11.4. The zero-order valence-corrected chi connectivity index (χ0v) is 7.99. The second-order valence-corrected chi connectivity index (χ2v) is 2.90. The maximum Gasteiger partial charge on any atom is 1.00 e. The molecule has 0 heterocycles. The summed E-state index contributed by atoms with van der Waals surface area (Å²) in [7, 11) is 0. The summed E-state index contributed by atoms with van der Waals surface area (Å²) in [5, 5.41) is 10.8. The Kier molecular flexibility index (Phi) is 11.0. The molecule has 0 unspecified atom stereocenters. The van der Waals surface area contributed by atoms with Crippen LogP contribution < -0.4 is 24.0 Å². The molecular formula is C7H13Li2O. The molecule has 0 N–H and O–H groups in total. The molecule has 0 aliphatic heterocycles. The first-order valence-electron chi connectivity index (χ1n) is 2.82. The SMILES string of the molecule is C/C=C(\[O-])C(C)(C)C.[Li+].[Li]. The minimum atomic E-state index is -0.186. The van der Waals surface area contributed by atoms with E-state index < -0.39 is 0 Å². The fourth-order valence-corrected chi connectivity index (χ4v) is 0.433. The topological polar surface area (TPSA) is 23.1 Å². The first-order valence-corrected chi connectivity index (χ1v) is 2.82. The third kappa shape index (κ3) is 6.85. The molecule has 0 rings (SSSR count). The van der Waals surface area contributed by atoms with Gasteiger partial charge in [0, 0.05) is 18.9 Å². The van der Waals surface area contributed by atoms with Crippen molar-refractivity contribution in [1.82, 2.24) is 0 Å². The van der Waals surface area contributed by atoms with Crippen LogP contribution in [-0.2, 0) is 0 Å². The fraction of sp³-hybridized carbons (Fsp3) is 0.714. The van der Waals surface area contributed by atoms with E-state index in [1.165, 1.54) is 0 Å². The monoisotopic (exact) mass is 127 g/mol. The van der Waals surface area contributed by atoms with Crippen LogP contribution in [0.1, 0.15) is 27.7 Å². The van der Waals surface area contributed by atoms with E-state index in [0.717, 1.165) is 0 Å². The molecule has 0 aromatic carbocycles. The molecule has 0 saturated carbocycles. The summed E-state index contributed by atoms with van der Waals surface area (Å²) in [6, 6.07) is 0. The van der Waals surface area contributed by atoms with Crippen LogP contribution in [0.5, 0.6) is 0 Å². The van der Waals surface area contributed by atoms with Gasteiger partial charge in [0.15, 0.2) is 0 Å². The van der Waals surface area contributed by atoms with Gasteiger partial charge >= 0.3 is 18.9 Å². The quantitative estimate of drug-likeness (QED) is 0.270. The van der Waals surface area contributed by atoms with Gasteiger partial charge in [-0.2, -0.15) is 0 Å². The molecule has 3 heteroatoms. The second-order valence-electron chi connectivity index (χ2n) is 2.90. The van der Waals surface area contributed by atoms with Crippen molar-refractivity contribution in [2.45, 2.75) is 27.7 Å². The van der Waals surface area contributed by atoms with E-state index >= 15 is 0 Å². The Labute approximate surface area is 87.6 Å². The van der Waals surface area contributed by atoms with Crippen molar-refractivity contribution in [3.05, 3.63) is 11.8 Å². The number of rotatable bonds is 0. The molecule has 0 aromatic rings. The minimum absolute atomic E-state index is 0. The summed E-state index contributed by atoms with van der Waals surface area (Å²) in [6.07, 6.45) is 1.61. The molecule has 0 saturated heterocycles. The van der Waals surface area contributed by atoms with E-state index in [0.29, 0.717) is 0 Å². The zero-order chi connectivity index (χ0) is 6.78. The van der Waals surface area contributed by atoms with Crippen LogP contribution in [0.3, 0.4) is 0 Å². The summed E-state index contributed by atoms with van der Waals surface area (Å²) in [5.41, 5.74) is -0.186. The Balaban J connectivity index is -0.000000245. The first kappa shape index (κ1) is 17.0. The van der Waals surface area contributed by atoms with E-state index in [4.69, 9.17) is 0 Å². The van der Waals surface area contributed by atoms with Crippen LogP contribution in [-0.4, -0.2) is 18.9 Å². The van der Waals surface area contributed by atoms with Crippen LogP contribution in [0.2, 0.25) is 0 Å². The average Bonchev–Trinajstić information content (AvgIpc) is 1.62. The molecule has 0 aromatic heterocycles. The van der Waals surface area contributed by atoms with Crippen LogP contribution in [0, 0.1) is 5.41 Å². The van der Waals surface area contributed by atoms with Crippen LogP contribution >= 0.6 is 0 Å². The Morgan fingerprint density at radius 3 is 1.60 bits per heavy atom. The van der Waals surface area contributed by atoms with E-state index in [9.17, 15) is 5.11 Å². The van der Waals surface area contributed by atoms with Crippen molar-refractivity contribution in [2.75, 3.05) is 0 Å². The molecular weight excluding hydrogens is 114 g/mol. The molecule has 10 heavy (non-hydrogen) atoms. The maximum absolute atomic E-state index is 10.8. The standard InChI is InChI=1S/C7H14O.2Li/c1-5-6(8)7(2,3)4;;/h5,8H,1-4H3;;/q;;+1/p-1/b6-5-;;. The van der Waals surface area contributed by atoms with E-state index in [2.05, 4.69) is 0 Å². The largest absolute Gasteiger partial charge is 1.00 e.